The van der Waals surface area contributed by atoms with Gasteiger partial charge in [-0.25, -0.2) is 4.98 Å². The van der Waals surface area contributed by atoms with Gasteiger partial charge < -0.3 is 5.32 Å². The molecule has 0 amide bonds. The highest BCUT2D eigenvalue weighted by atomic mass is 79.9. The molecule has 0 atom stereocenters. The van der Waals surface area contributed by atoms with E-state index in [-0.39, 0.29) is 0 Å². The molecule has 5 heteroatoms. The van der Waals surface area contributed by atoms with Crippen LogP contribution < -0.4 is 5.32 Å². The Labute approximate surface area is 107 Å². The summed E-state index contributed by atoms with van der Waals surface area (Å²) in [6.45, 7) is 4.79. The zero-order valence-corrected chi connectivity index (χ0v) is 11.5. The molecule has 84 valence electrons. The number of halogens is 1. The highest BCUT2D eigenvalue weighted by Gasteiger charge is 2.02. The number of hydrogen-bond donors (Lipinski definition) is 1. The van der Waals surface area contributed by atoms with Crippen LogP contribution in [-0.2, 0) is 6.54 Å². The van der Waals surface area contributed by atoms with Crippen molar-refractivity contribution in [2.75, 3.05) is 5.32 Å². The average Bonchev–Trinajstić information content (AvgIpc) is 2.63. The maximum absolute atomic E-state index is 4.26. The molecule has 0 bridgehead atoms. The van der Waals surface area contributed by atoms with Crippen molar-refractivity contribution in [1.29, 1.82) is 0 Å². The molecule has 2 aromatic rings. The average molecular weight is 298 g/mol. The first-order valence-electron chi connectivity index (χ1n) is 4.94. The Morgan fingerprint density at radius 1 is 1.38 bits per heavy atom. The molecule has 0 saturated carbocycles. The molecule has 1 heterocycles. The molecule has 1 N–H and O–H groups in total. The topological polar surface area (TPSA) is 37.8 Å². The second-order valence-corrected chi connectivity index (χ2v) is 5.24. The highest BCUT2D eigenvalue weighted by molar-refractivity contribution is 9.10. The minimum atomic E-state index is 0.785. The number of nitrogens with zero attached hydrogens (tertiary/aromatic N) is 2. The second-order valence-electron chi connectivity index (χ2n) is 3.57. The number of benzene rings is 1. The Morgan fingerprint density at radius 3 is 2.81 bits per heavy atom. The van der Waals surface area contributed by atoms with Crippen LogP contribution in [0.5, 0.6) is 0 Å². The van der Waals surface area contributed by atoms with Crippen LogP contribution in [0.2, 0.25) is 0 Å². The third-order valence-electron chi connectivity index (χ3n) is 2.26. The zero-order chi connectivity index (χ0) is 11.5. The molecule has 0 saturated heterocycles. The van der Waals surface area contributed by atoms with Crippen LogP contribution in [0.1, 0.15) is 17.0 Å². The van der Waals surface area contributed by atoms with Gasteiger partial charge in [0.1, 0.15) is 5.82 Å². The molecule has 16 heavy (non-hydrogen) atoms. The Morgan fingerprint density at radius 2 is 2.19 bits per heavy atom. The minimum Gasteiger partial charge on any atom is -0.356 e. The molecule has 0 aliphatic heterocycles. The zero-order valence-electron chi connectivity index (χ0n) is 9.12. The van der Waals surface area contributed by atoms with E-state index in [0.717, 1.165) is 22.0 Å². The summed E-state index contributed by atoms with van der Waals surface area (Å²) in [7, 11) is 0. The van der Waals surface area contributed by atoms with Crippen molar-refractivity contribution in [3.8, 4) is 0 Å². The lowest BCUT2D eigenvalue weighted by atomic mass is 10.1. The van der Waals surface area contributed by atoms with E-state index in [4.69, 9.17) is 0 Å². The molecule has 3 nitrogen and oxygen atoms in total. The first-order chi connectivity index (χ1) is 7.65. The van der Waals surface area contributed by atoms with Crippen LogP contribution in [0.25, 0.3) is 0 Å². The number of nitrogens with one attached hydrogen (secondary N) is 1. The van der Waals surface area contributed by atoms with Crippen molar-refractivity contribution in [1.82, 2.24) is 9.36 Å². The first kappa shape index (κ1) is 11.5. The fraction of sp³-hybridized carbons (Fsp3) is 0.273. The lowest BCUT2D eigenvalue weighted by Crippen LogP contribution is -2.00. The summed E-state index contributed by atoms with van der Waals surface area (Å²) in [5, 5.41) is 4.15. The van der Waals surface area contributed by atoms with Gasteiger partial charge in [-0.1, -0.05) is 22.0 Å². The molecule has 1 aromatic heterocycles. The number of rotatable bonds is 3. The predicted molar refractivity (Wildman–Crippen MR) is 70.9 cm³/mol. The van der Waals surface area contributed by atoms with E-state index in [1.165, 1.54) is 22.7 Å². The van der Waals surface area contributed by atoms with Crippen molar-refractivity contribution in [3.05, 3.63) is 39.6 Å². The fourth-order valence-corrected chi connectivity index (χ4v) is 2.44. The summed E-state index contributed by atoms with van der Waals surface area (Å²) in [5.74, 6) is 0.819. The molecular formula is C11H12BrN3S. The third kappa shape index (κ3) is 2.80. The van der Waals surface area contributed by atoms with Crippen molar-refractivity contribution in [2.45, 2.75) is 20.4 Å². The predicted octanol–water partition coefficient (Wildman–Crippen LogP) is 3.53. The Balaban J connectivity index is 2.04. The van der Waals surface area contributed by atoms with E-state index >= 15 is 0 Å². The van der Waals surface area contributed by atoms with Gasteiger partial charge in [-0.3, -0.25) is 0 Å². The summed E-state index contributed by atoms with van der Waals surface area (Å²) < 4.78 is 5.24. The highest BCUT2D eigenvalue weighted by Crippen LogP contribution is 2.18. The normalized spacial score (nSPS) is 10.4. The van der Waals surface area contributed by atoms with Gasteiger partial charge in [-0.05, 0) is 37.1 Å². The van der Waals surface area contributed by atoms with E-state index in [0.29, 0.717) is 0 Å². The first-order valence-corrected chi connectivity index (χ1v) is 6.51. The molecule has 0 spiro atoms. The van der Waals surface area contributed by atoms with E-state index in [9.17, 15) is 0 Å². The quantitative estimate of drug-likeness (QED) is 0.942. The van der Waals surface area contributed by atoms with Crippen LogP contribution >= 0.6 is 27.5 Å². The Kier molecular flexibility index (Phi) is 3.56. The summed E-state index contributed by atoms with van der Waals surface area (Å²) in [5.41, 5.74) is 2.54. The number of aryl methyl sites for hydroxylation is 2. The molecular weight excluding hydrogens is 286 g/mol. The van der Waals surface area contributed by atoms with Gasteiger partial charge >= 0.3 is 0 Å². The monoisotopic (exact) mass is 297 g/mol. The second kappa shape index (κ2) is 4.93. The molecule has 0 fully saturated rings. The van der Waals surface area contributed by atoms with Crippen molar-refractivity contribution < 1.29 is 0 Å². The summed E-state index contributed by atoms with van der Waals surface area (Å²) in [4.78, 5) is 4.26. The fourth-order valence-electron chi connectivity index (χ4n) is 1.40. The molecule has 0 unspecified atom stereocenters. The van der Waals surface area contributed by atoms with E-state index < -0.39 is 0 Å². The van der Waals surface area contributed by atoms with Crippen molar-refractivity contribution >= 4 is 32.6 Å². The lowest BCUT2D eigenvalue weighted by molar-refractivity contribution is 1.09. The summed E-state index contributed by atoms with van der Waals surface area (Å²) in [6, 6.07) is 6.28. The standard InChI is InChI=1S/C11H12BrN3S/c1-7-5-10(12)4-3-9(7)6-13-11-14-8(2)15-16-11/h3-5H,6H2,1-2H3,(H,13,14,15). The smallest absolute Gasteiger partial charge is 0.202 e. The van der Waals surface area contributed by atoms with Crippen molar-refractivity contribution in [3.63, 3.8) is 0 Å². The SMILES string of the molecule is Cc1nsc(NCc2ccc(Br)cc2C)n1. The number of anilines is 1. The molecule has 1 aromatic carbocycles. The maximum Gasteiger partial charge on any atom is 0.202 e. The largest absolute Gasteiger partial charge is 0.356 e. The molecule has 0 aliphatic rings. The number of aromatic nitrogens is 2. The van der Waals surface area contributed by atoms with Gasteiger partial charge in [0.05, 0.1) is 0 Å². The van der Waals surface area contributed by atoms with Crippen LogP contribution in [0.15, 0.2) is 22.7 Å². The van der Waals surface area contributed by atoms with Crippen LogP contribution in [0, 0.1) is 13.8 Å². The molecule has 0 radical (unpaired) electrons. The van der Waals surface area contributed by atoms with Gasteiger partial charge in [0.2, 0.25) is 5.13 Å². The van der Waals surface area contributed by atoms with Gasteiger partial charge in [0.15, 0.2) is 0 Å². The minimum absolute atomic E-state index is 0.785. The van der Waals surface area contributed by atoms with Gasteiger partial charge in [-0.15, -0.1) is 0 Å². The van der Waals surface area contributed by atoms with Crippen LogP contribution in [0.4, 0.5) is 5.13 Å². The van der Waals surface area contributed by atoms with Crippen molar-refractivity contribution in [2.24, 2.45) is 0 Å². The van der Waals surface area contributed by atoms with Gasteiger partial charge in [0.25, 0.3) is 0 Å². The van der Waals surface area contributed by atoms with E-state index in [1.807, 2.05) is 6.92 Å². The summed E-state index contributed by atoms with van der Waals surface area (Å²) in [6.07, 6.45) is 0. The molecule has 2 rings (SSSR count). The van der Waals surface area contributed by atoms with Crippen LogP contribution in [0.3, 0.4) is 0 Å². The molecule has 0 aliphatic carbocycles. The van der Waals surface area contributed by atoms with E-state index in [2.05, 4.69) is 55.7 Å². The number of hydrogen-bond acceptors (Lipinski definition) is 4. The van der Waals surface area contributed by atoms with Gasteiger partial charge in [0, 0.05) is 22.5 Å². The maximum atomic E-state index is 4.26. The Bertz CT molecular complexity index is 496. The van der Waals surface area contributed by atoms with Crippen LogP contribution in [-0.4, -0.2) is 9.36 Å². The van der Waals surface area contributed by atoms with E-state index in [1.54, 1.807) is 0 Å². The summed E-state index contributed by atoms with van der Waals surface area (Å²) >= 11 is 4.85. The lowest BCUT2D eigenvalue weighted by Gasteiger charge is -2.06. The Hall–Kier alpha value is -0.940. The third-order valence-corrected chi connectivity index (χ3v) is 3.52. The van der Waals surface area contributed by atoms with Gasteiger partial charge in [-0.2, -0.15) is 4.37 Å².